The molecule has 0 saturated heterocycles. The lowest BCUT2D eigenvalue weighted by Gasteiger charge is -2.18. The van der Waals surface area contributed by atoms with Crippen molar-refractivity contribution in [1.82, 2.24) is 4.90 Å². The van der Waals surface area contributed by atoms with Gasteiger partial charge in [0.05, 0.1) is 13.7 Å². The van der Waals surface area contributed by atoms with E-state index in [1.54, 1.807) is 6.07 Å². The summed E-state index contributed by atoms with van der Waals surface area (Å²) in [4.78, 5) is 13.5. The summed E-state index contributed by atoms with van der Waals surface area (Å²) >= 11 is 0. The molecule has 0 aliphatic carbocycles. The van der Waals surface area contributed by atoms with Crippen molar-refractivity contribution in [3.8, 4) is 0 Å². The summed E-state index contributed by atoms with van der Waals surface area (Å²) in [6, 6.07) is 2.28. The van der Waals surface area contributed by atoms with Gasteiger partial charge in [-0.05, 0) is 19.9 Å². The van der Waals surface area contributed by atoms with E-state index in [-0.39, 0.29) is 0 Å². The van der Waals surface area contributed by atoms with Crippen LogP contribution in [0.15, 0.2) is 10.5 Å². The summed E-state index contributed by atoms with van der Waals surface area (Å²) in [5.74, 6) is 0.801. The number of methoxy groups -OCH3 is 1. The van der Waals surface area contributed by atoms with E-state index in [9.17, 15) is 4.79 Å². The molecule has 15 heavy (non-hydrogen) atoms. The number of nitrogens with zero attached hydrogens (tertiary/aromatic N) is 1. The summed E-state index contributed by atoms with van der Waals surface area (Å²) in [5.41, 5.74) is 1.10. The highest BCUT2D eigenvalue weighted by atomic mass is 16.5. The van der Waals surface area contributed by atoms with Gasteiger partial charge in [0.1, 0.15) is 5.76 Å². The first kappa shape index (κ1) is 10.2. The average molecular weight is 209 g/mol. The molecule has 0 atom stereocenters. The minimum atomic E-state index is -0.402. The molecule has 4 heteroatoms. The van der Waals surface area contributed by atoms with Crippen molar-refractivity contribution >= 4 is 5.97 Å². The van der Waals surface area contributed by atoms with Crippen LogP contribution in [0.1, 0.15) is 35.7 Å². The molecule has 0 amide bonds. The fraction of sp³-hybridized carbons (Fsp3) is 0.545. The fourth-order valence-corrected chi connectivity index (χ4v) is 1.76. The molecule has 0 radical (unpaired) electrons. The predicted molar refractivity (Wildman–Crippen MR) is 54.4 cm³/mol. The van der Waals surface area contributed by atoms with E-state index in [1.807, 2.05) is 0 Å². The Balaban J connectivity index is 2.16. The lowest BCUT2D eigenvalue weighted by molar-refractivity contribution is 0.0561. The zero-order chi connectivity index (χ0) is 11.0. The SMILES string of the molecule is COC(=O)c1cc2c(o1)CN(C(C)C)C2. The molecule has 0 aromatic carbocycles. The van der Waals surface area contributed by atoms with E-state index < -0.39 is 5.97 Å². The van der Waals surface area contributed by atoms with E-state index in [4.69, 9.17) is 4.42 Å². The van der Waals surface area contributed by atoms with Crippen LogP contribution in [0.3, 0.4) is 0 Å². The summed E-state index contributed by atoms with van der Waals surface area (Å²) in [5, 5.41) is 0. The first-order valence-electron chi connectivity index (χ1n) is 5.05. The Bertz CT molecular complexity index is 358. The monoisotopic (exact) mass is 209 g/mol. The second-order valence-electron chi connectivity index (χ2n) is 4.05. The molecule has 1 aliphatic heterocycles. The van der Waals surface area contributed by atoms with E-state index in [1.165, 1.54) is 7.11 Å². The van der Waals surface area contributed by atoms with Crippen LogP contribution in [0.4, 0.5) is 0 Å². The molecule has 0 fully saturated rings. The standard InChI is InChI=1S/C11H15NO3/c1-7(2)12-5-8-4-9(11(13)14-3)15-10(8)6-12/h4,7H,5-6H2,1-3H3. The number of carbonyl (C=O) groups excluding carboxylic acids is 1. The van der Waals surface area contributed by atoms with Crippen molar-refractivity contribution in [2.24, 2.45) is 0 Å². The van der Waals surface area contributed by atoms with Crippen LogP contribution in [0.2, 0.25) is 0 Å². The number of fused-ring (bicyclic) bond motifs is 1. The second-order valence-corrected chi connectivity index (χ2v) is 4.05. The molecule has 1 aliphatic rings. The Kier molecular flexibility index (Phi) is 2.52. The molecule has 82 valence electrons. The highest BCUT2D eigenvalue weighted by Gasteiger charge is 2.27. The van der Waals surface area contributed by atoms with Gasteiger partial charge in [-0.2, -0.15) is 0 Å². The van der Waals surface area contributed by atoms with Gasteiger partial charge in [-0.3, -0.25) is 4.90 Å². The number of ether oxygens (including phenoxy) is 1. The Morgan fingerprint density at radius 1 is 1.53 bits per heavy atom. The number of esters is 1. The minimum absolute atomic E-state index is 0.311. The van der Waals surface area contributed by atoms with Crippen LogP contribution in [0, 0.1) is 0 Å². The van der Waals surface area contributed by atoms with Crippen LogP contribution in [0.5, 0.6) is 0 Å². The zero-order valence-corrected chi connectivity index (χ0v) is 9.24. The molecular formula is C11H15NO3. The smallest absolute Gasteiger partial charge is 0.373 e. The number of rotatable bonds is 2. The first-order chi connectivity index (χ1) is 7.11. The molecule has 1 aromatic rings. The fourth-order valence-electron chi connectivity index (χ4n) is 1.76. The quantitative estimate of drug-likeness (QED) is 0.696. The van der Waals surface area contributed by atoms with Crippen molar-refractivity contribution in [1.29, 1.82) is 0 Å². The highest BCUT2D eigenvalue weighted by molar-refractivity contribution is 5.86. The number of hydrogen-bond acceptors (Lipinski definition) is 4. The van der Waals surface area contributed by atoms with Gasteiger partial charge in [0.2, 0.25) is 5.76 Å². The maximum absolute atomic E-state index is 11.2. The van der Waals surface area contributed by atoms with Gasteiger partial charge in [-0.15, -0.1) is 0 Å². The average Bonchev–Trinajstić information content (AvgIpc) is 2.72. The Morgan fingerprint density at radius 2 is 2.27 bits per heavy atom. The highest BCUT2D eigenvalue weighted by Crippen LogP contribution is 2.27. The summed E-state index contributed by atoms with van der Waals surface area (Å²) in [7, 11) is 1.36. The van der Waals surface area contributed by atoms with Crippen LogP contribution >= 0.6 is 0 Å². The Labute approximate surface area is 88.8 Å². The molecule has 2 heterocycles. The predicted octanol–water partition coefficient (Wildman–Crippen LogP) is 1.79. The van der Waals surface area contributed by atoms with Crippen molar-refractivity contribution in [3.05, 3.63) is 23.2 Å². The summed E-state index contributed by atoms with van der Waals surface area (Å²) < 4.78 is 10.0. The van der Waals surface area contributed by atoms with Crippen LogP contribution in [-0.4, -0.2) is 24.0 Å². The molecular weight excluding hydrogens is 194 g/mol. The first-order valence-corrected chi connectivity index (χ1v) is 5.05. The zero-order valence-electron chi connectivity index (χ0n) is 9.24. The van der Waals surface area contributed by atoms with Gasteiger partial charge in [-0.1, -0.05) is 0 Å². The van der Waals surface area contributed by atoms with Gasteiger partial charge < -0.3 is 9.15 Å². The maximum atomic E-state index is 11.2. The van der Waals surface area contributed by atoms with Crippen molar-refractivity contribution < 1.29 is 13.9 Å². The molecule has 2 rings (SSSR count). The molecule has 0 unspecified atom stereocenters. The third-order valence-corrected chi connectivity index (χ3v) is 2.73. The largest absolute Gasteiger partial charge is 0.463 e. The Morgan fingerprint density at radius 3 is 2.80 bits per heavy atom. The minimum Gasteiger partial charge on any atom is -0.463 e. The lowest BCUT2D eigenvalue weighted by Crippen LogP contribution is -2.24. The van der Waals surface area contributed by atoms with Crippen LogP contribution < -0.4 is 0 Å². The molecule has 4 nitrogen and oxygen atoms in total. The summed E-state index contributed by atoms with van der Waals surface area (Å²) in [6.07, 6.45) is 0. The van der Waals surface area contributed by atoms with Gasteiger partial charge >= 0.3 is 5.97 Å². The van der Waals surface area contributed by atoms with E-state index in [0.717, 1.165) is 24.4 Å². The van der Waals surface area contributed by atoms with Crippen LogP contribution in [0.25, 0.3) is 0 Å². The van der Waals surface area contributed by atoms with E-state index >= 15 is 0 Å². The topological polar surface area (TPSA) is 42.7 Å². The number of hydrogen-bond donors (Lipinski definition) is 0. The number of furan rings is 1. The molecule has 1 aromatic heterocycles. The molecule has 0 N–H and O–H groups in total. The van der Waals surface area contributed by atoms with E-state index in [2.05, 4.69) is 23.5 Å². The van der Waals surface area contributed by atoms with Gasteiger partial charge in [0.15, 0.2) is 0 Å². The second kappa shape index (κ2) is 3.70. The molecule has 0 spiro atoms. The van der Waals surface area contributed by atoms with Crippen molar-refractivity contribution in [2.75, 3.05) is 7.11 Å². The molecule has 0 saturated carbocycles. The van der Waals surface area contributed by atoms with Gasteiger partial charge in [0.25, 0.3) is 0 Å². The van der Waals surface area contributed by atoms with Gasteiger partial charge in [0, 0.05) is 18.2 Å². The van der Waals surface area contributed by atoms with Crippen molar-refractivity contribution in [3.63, 3.8) is 0 Å². The number of carbonyl (C=O) groups is 1. The Hall–Kier alpha value is -1.29. The molecule has 0 bridgehead atoms. The summed E-state index contributed by atoms with van der Waals surface area (Å²) in [6.45, 7) is 5.93. The normalized spacial score (nSPS) is 15.7. The third kappa shape index (κ3) is 1.77. The van der Waals surface area contributed by atoms with Crippen molar-refractivity contribution in [2.45, 2.75) is 33.0 Å². The van der Waals surface area contributed by atoms with E-state index in [0.29, 0.717) is 11.8 Å². The third-order valence-electron chi connectivity index (χ3n) is 2.73. The lowest BCUT2D eigenvalue weighted by atomic mass is 10.3. The van der Waals surface area contributed by atoms with Gasteiger partial charge in [-0.25, -0.2) is 4.79 Å². The van der Waals surface area contributed by atoms with Crippen LogP contribution in [-0.2, 0) is 17.8 Å². The maximum Gasteiger partial charge on any atom is 0.373 e.